The lowest BCUT2D eigenvalue weighted by Crippen LogP contribution is -2.21. The van der Waals surface area contributed by atoms with Gasteiger partial charge in [-0.15, -0.1) is 0 Å². The molecule has 2 N–H and O–H groups in total. The number of hydrogen-bond acceptors (Lipinski definition) is 2. The summed E-state index contributed by atoms with van der Waals surface area (Å²) in [6, 6.07) is 10.4. The molecule has 0 amide bonds. The van der Waals surface area contributed by atoms with Gasteiger partial charge in [0, 0.05) is 12.1 Å². The van der Waals surface area contributed by atoms with Crippen molar-refractivity contribution in [1.82, 2.24) is 5.32 Å². The fourth-order valence-corrected chi connectivity index (χ4v) is 2.04. The third-order valence-corrected chi connectivity index (χ3v) is 3.19. The Morgan fingerprint density at radius 3 is 2.25 bits per heavy atom. The van der Waals surface area contributed by atoms with Crippen molar-refractivity contribution in [2.75, 3.05) is 6.54 Å². The topological polar surface area (TPSA) is 32.3 Å². The molecular formula is C16H17F2NO. The van der Waals surface area contributed by atoms with Crippen LogP contribution in [0, 0.1) is 11.6 Å². The van der Waals surface area contributed by atoms with Crippen molar-refractivity contribution in [3.63, 3.8) is 0 Å². The Morgan fingerprint density at radius 1 is 1.05 bits per heavy atom. The van der Waals surface area contributed by atoms with Gasteiger partial charge in [-0.25, -0.2) is 8.78 Å². The lowest BCUT2D eigenvalue weighted by molar-refractivity contribution is 0.475. The van der Waals surface area contributed by atoms with Gasteiger partial charge in [0.25, 0.3) is 0 Å². The molecule has 0 spiro atoms. The van der Waals surface area contributed by atoms with Crippen molar-refractivity contribution in [3.05, 3.63) is 65.2 Å². The van der Waals surface area contributed by atoms with E-state index in [2.05, 4.69) is 5.32 Å². The van der Waals surface area contributed by atoms with Crippen LogP contribution >= 0.6 is 0 Å². The van der Waals surface area contributed by atoms with Crippen LogP contribution in [0.4, 0.5) is 8.78 Å². The molecule has 20 heavy (non-hydrogen) atoms. The van der Waals surface area contributed by atoms with E-state index in [1.165, 1.54) is 12.1 Å². The molecule has 2 aromatic rings. The molecule has 1 atom stereocenters. The minimum atomic E-state index is -0.563. The van der Waals surface area contributed by atoms with Crippen LogP contribution in [0.1, 0.15) is 24.1 Å². The van der Waals surface area contributed by atoms with Gasteiger partial charge < -0.3 is 10.4 Å². The Labute approximate surface area is 117 Å². The molecule has 0 heterocycles. The highest BCUT2D eigenvalue weighted by Crippen LogP contribution is 2.16. The fourth-order valence-electron chi connectivity index (χ4n) is 2.04. The zero-order valence-electron chi connectivity index (χ0n) is 11.2. The highest BCUT2D eigenvalue weighted by Gasteiger charge is 2.08. The van der Waals surface area contributed by atoms with Crippen LogP contribution < -0.4 is 5.32 Å². The lowest BCUT2D eigenvalue weighted by atomic mass is 10.1. The summed E-state index contributed by atoms with van der Waals surface area (Å²) in [6.07, 6.45) is 0.780. The van der Waals surface area contributed by atoms with Gasteiger partial charge >= 0.3 is 0 Å². The molecule has 0 aliphatic heterocycles. The van der Waals surface area contributed by atoms with Crippen molar-refractivity contribution >= 4 is 0 Å². The van der Waals surface area contributed by atoms with E-state index in [-0.39, 0.29) is 11.8 Å². The van der Waals surface area contributed by atoms with Crippen LogP contribution in [0.2, 0.25) is 0 Å². The molecule has 0 aromatic heterocycles. The Bertz CT molecular complexity index is 549. The predicted molar refractivity (Wildman–Crippen MR) is 74.6 cm³/mol. The van der Waals surface area contributed by atoms with E-state index in [0.717, 1.165) is 18.1 Å². The minimum Gasteiger partial charge on any atom is -0.508 e. The highest BCUT2D eigenvalue weighted by molar-refractivity contribution is 5.26. The monoisotopic (exact) mass is 277 g/mol. The quantitative estimate of drug-likeness (QED) is 0.875. The molecule has 0 fully saturated rings. The number of nitrogens with one attached hydrogen (secondary N) is 1. The van der Waals surface area contributed by atoms with Crippen LogP contribution in [0.25, 0.3) is 0 Å². The second-order valence-corrected chi connectivity index (χ2v) is 4.80. The Hall–Kier alpha value is -1.94. The first-order valence-electron chi connectivity index (χ1n) is 6.52. The maximum Gasteiger partial charge on any atom is 0.126 e. The van der Waals surface area contributed by atoms with E-state index < -0.39 is 11.6 Å². The molecule has 0 aliphatic rings. The summed E-state index contributed by atoms with van der Waals surface area (Å²) in [6.45, 7) is 2.55. The molecule has 0 bridgehead atoms. The number of benzene rings is 2. The summed E-state index contributed by atoms with van der Waals surface area (Å²) in [5.74, 6) is -0.885. The van der Waals surface area contributed by atoms with Crippen molar-refractivity contribution in [2.24, 2.45) is 0 Å². The third kappa shape index (κ3) is 4.03. The second kappa shape index (κ2) is 6.48. The molecule has 0 saturated carbocycles. The lowest BCUT2D eigenvalue weighted by Gasteiger charge is -2.14. The van der Waals surface area contributed by atoms with Gasteiger partial charge in [-0.3, -0.25) is 0 Å². The predicted octanol–water partition coefficient (Wildman–Crippen LogP) is 3.56. The van der Waals surface area contributed by atoms with E-state index in [0.29, 0.717) is 12.1 Å². The highest BCUT2D eigenvalue weighted by atomic mass is 19.1. The van der Waals surface area contributed by atoms with Gasteiger partial charge in [0.15, 0.2) is 0 Å². The number of hydrogen-bond donors (Lipinski definition) is 2. The third-order valence-electron chi connectivity index (χ3n) is 3.19. The zero-order chi connectivity index (χ0) is 14.5. The number of phenols is 1. The number of halogens is 2. The summed E-state index contributed by atoms with van der Waals surface area (Å²) < 4.78 is 26.2. The minimum absolute atomic E-state index is 0.127. The number of phenolic OH excluding ortho intramolecular Hbond substituents is 1. The zero-order valence-corrected chi connectivity index (χ0v) is 11.2. The molecular weight excluding hydrogens is 260 g/mol. The number of rotatable bonds is 5. The van der Waals surface area contributed by atoms with Crippen LogP contribution in [-0.2, 0) is 6.42 Å². The second-order valence-electron chi connectivity index (χ2n) is 4.80. The largest absolute Gasteiger partial charge is 0.508 e. The smallest absolute Gasteiger partial charge is 0.126 e. The fraction of sp³-hybridized carbons (Fsp3) is 0.250. The molecule has 106 valence electrons. The Morgan fingerprint density at radius 2 is 1.65 bits per heavy atom. The molecule has 2 rings (SSSR count). The summed E-state index contributed by atoms with van der Waals surface area (Å²) in [4.78, 5) is 0. The summed E-state index contributed by atoms with van der Waals surface area (Å²) in [5.41, 5.74) is 1.68. The summed E-state index contributed by atoms with van der Waals surface area (Å²) in [7, 11) is 0. The van der Waals surface area contributed by atoms with Crippen molar-refractivity contribution < 1.29 is 13.9 Å². The van der Waals surface area contributed by atoms with Gasteiger partial charge in [0.2, 0.25) is 0 Å². The van der Waals surface area contributed by atoms with E-state index in [4.69, 9.17) is 0 Å². The van der Waals surface area contributed by atoms with Gasteiger partial charge in [-0.05, 0) is 55.3 Å². The van der Waals surface area contributed by atoms with Crippen LogP contribution in [-0.4, -0.2) is 11.7 Å². The van der Waals surface area contributed by atoms with Gasteiger partial charge in [0.1, 0.15) is 17.4 Å². The summed E-state index contributed by atoms with van der Waals surface area (Å²) in [5, 5.41) is 12.4. The van der Waals surface area contributed by atoms with Gasteiger partial charge in [-0.2, -0.15) is 0 Å². The van der Waals surface area contributed by atoms with E-state index in [9.17, 15) is 13.9 Å². The van der Waals surface area contributed by atoms with Crippen LogP contribution in [0.15, 0.2) is 42.5 Å². The van der Waals surface area contributed by atoms with Crippen LogP contribution in [0.5, 0.6) is 5.75 Å². The van der Waals surface area contributed by atoms with Gasteiger partial charge in [0.05, 0.1) is 0 Å². The number of aromatic hydroxyl groups is 1. The van der Waals surface area contributed by atoms with Crippen molar-refractivity contribution in [1.29, 1.82) is 0 Å². The molecule has 2 aromatic carbocycles. The Kier molecular flexibility index (Phi) is 4.69. The maximum atomic E-state index is 13.1. The average Bonchev–Trinajstić information content (AvgIpc) is 2.40. The Balaban J connectivity index is 1.88. The molecule has 2 nitrogen and oxygen atoms in total. The van der Waals surface area contributed by atoms with Crippen molar-refractivity contribution in [2.45, 2.75) is 19.4 Å². The van der Waals surface area contributed by atoms with Gasteiger partial charge in [-0.1, -0.05) is 12.1 Å². The average molecular weight is 277 g/mol. The van der Waals surface area contributed by atoms with Crippen molar-refractivity contribution in [3.8, 4) is 5.75 Å². The standard InChI is InChI=1S/C16H17F2NO/c1-11(13-8-14(17)10-15(18)9-13)19-7-6-12-2-4-16(20)5-3-12/h2-5,8-11,19-20H,6-7H2,1H3. The molecule has 0 radical (unpaired) electrons. The molecule has 0 saturated heterocycles. The normalized spacial score (nSPS) is 12.3. The first kappa shape index (κ1) is 14.5. The maximum absolute atomic E-state index is 13.1. The first-order chi connectivity index (χ1) is 9.54. The molecule has 0 aliphatic carbocycles. The first-order valence-corrected chi connectivity index (χ1v) is 6.52. The molecule has 4 heteroatoms. The van der Waals surface area contributed by atoms with Crippen LogP contribution in [0.3, 0.4) is 0 Å². The van der Waals surface area contributed by atoms with E-state index in [1.807, 2.05) is 19.1 Å². The SMILES string of the molecule is CC(NCCc1ccc(O)cc1)c1cc(F)cc(F)c1. The van der Waals surface area contributed by atoms with E-state index in [1.54, 1.807) is 12.1 Å². The molecule has 1 unspecified atom stereocenters. The van der Waals surface area contributed by atoms with E-state index >= 15 is 0 Å². The summed E-state index contributed by atoms with van der Waals surface area (Å²) >= 11 is 0.